The van der Waals surface area contributed by atoms with Gasteiger partial charge >= 0.3 is 0 Å². The number of guanidine groups is 1. The van der Waals surface area contributed by atoms with Crippen LogP contribution in [0.5, 0.6) is 0 Å². The molecule has 0 saturated heterocycles. The highest BCUT2D eigenvalue weighted by Gasteiger charge is 2.33. The van der Waals surface area contributed by atoms with Crippen LogP contribution >= 0.6 is 0 Å². The van der Waals surface area contributed by atoms with Crippen LogP contribution < -0.4 is 10.6 Å². The maximum atomic E-state index is 5.48. The fraction of sp³-hybridized carbons (Fsp3) is 0.944. The van der Waals surface area contributed by atoms with Crippen molar-refractivity contribution in [3.63, 3.8) is 0 Å². The van der Waals surface area contributed by atoms with Crippen molar-refractivity contribution >= 4 is 5.96 Å². The predicted octanol–water partition coefficient (Wildman–Crippen LogP) is 2.19. The minimum Gasteiger partial charge on any atom is -0.385 e. The molecule has 2 N–H and O–H groups in total. The Morgan fingerprint density at radius 2 is 1.75 bits per heavy atom. The number of nitrogens with zero attached hydrogens (tertiary/aromatic N) is 1. The molecule has 0 aromatic heterocycles. The minimum absolute atomic E-state index is 0.335. The van der Waals surface area contributed by atoms with E-state index in [1.54, 1.807) is 14.2 Å². The zero-order valence-corrected chi connectivity index (χ0v) is 15.9. The second kappa shape index (κ2) is 13.4. The highest BCUT2D eigenvalue weighted by Crippen LogP contribution is 2.41. The summed E-state index contributed by atoms with van der Waals surface area (Å²) in [6.07, 6.45) is 7.26. The van der Waals surface area contributed by atoms with E-state index in [1.807, 2.05) is 0 Å². The molecule has 142 valence electrons. The molecule has 6 heteroatoms. The molecule has 0 unspecified atom stereocenters. The van der Waals surface area contributed by atoms with Crippen LogP contribution in [0.1, 0.15) is 45.4 Å². The fourth-order valence-corrected chi connectivity index (χ4v) is 3.14. The third-order valence-corrected chi connectivity index (χ3v) is 4.61. The van der Waals surface area contributed by atoms with Crippen molar-refractivity contribution in [2.45, 2.75) is 45.4 Å². The van der Waals surface area contributed by atoms with Gasteiger partial charge in [-0.25, -0.2) is 0 Å². The van der Waals surface area contributed by atoms with E-state index in [0.29, 0.717) is 18.6 Å². The van der Waals surface area contributed by atoms with Gasteiger partial charge < -0.3 is 24.8 Å². The molecule has 0 atom stereocenters. The first-order valence-electron chi connectivity index (χ1n) is 9.34. The molecule has 6 nitrogen and oxygen atoms in total. The summed E-state index contributed by atoms with van der Waals surface area (Å²) in [5.74, 6) is 0.915. The fourth-order valence-electron chi connectivity index (χ4n) is 3.14. The highest BCUT2D eigenvalue weighted by molar-refractivity contribution is 5.79. The van der Waals surface area contributed by atoms with Crippen LogP contribution in [0.2, 0.25) is 0 Å². The van der Waals surface area contributed by atoms with Gasteiger partial charge in [-0.15, -0.1) is 0 Å². The molecule has 0 bridgehead atoms. The van der Waals surface area contributed by atoms with Gasteiger partial charge in [-0.2, -0.15) is 0 Å². The smallest absolute Gasteiger partial charge is 0.191 e. The topological polar surface area (TPSA) is 64.1 Å². The summed E-state index contributed by atoms with van der Waals surface area (Å²) < 4.78 is 15.7. The third kappa shape index (κ3) is 8.85. The molecular weight excluding hydrogens is 306 g/mol. The number of aliphatic imine (C=N–C) groups is 1. The Kier molecular flexibility index (Phi) is 11.9. The molecule has 1 aliphatic rings. The van der Waals surface area contributed by atoms with E-state index in [2.05, 4.69) is 17.6 Å². The van der Waals surface area contributed by atoms with Gasteiger partial charge in [-0.1, -0.05) is 12.8 Å². The lowest BCUT2D eigenvalue weighted by atomic mass is 9.83. The Morgan fingerprint density at radius 1 is 1.00 bits per heavy atom. The third-order valence-electron chi connectivity index (χ3n) is 4.61. The molecule has 0 aromatic carbocycles. The van der Waals surface area contributed by atoms with E-state index < -0.39 is 0 Å². The summed E-state index contributed by atoms with van der Waals surface area (Å²) in [5, 5.41) is 6.74. The van der Waals surface area contributed by atoms with Crippen molar-refractivity contribution in [1.29, 1.82) is 0 Å². The first-order valence-corrected chi connectivity index (χ1v) is 9.34. The molecule has 1 rings (SSSR count). The molecule has 1 aliphatic carbocycles. The number of ether oxygens (including phenoxy) is 3. The van der Waals surface area contributed by atoms with Gasteiger partial charge in [-0.3, -0.25) is 4.99 Å². The summed E-state index contributed by atoms with van der Waals surface area (Å²) in [7, 11) is 3.47. The predicted molar refractivity (Wildman–Crippen MR) is 98.7 cm³/mol. The van der Waals surface area contributed by atoms with E-state index in [0.717, 1.165) is 51.6 Å². The average Bonchev–Trinajstić information content (AvgIpc) is 3.06. The monoisotopic (exact) mass is 343 g/mol. The standard InChI is InChI=1S/C18H37N3O3/c1-4-19-17(20-11-7-12-24-15-14-23-3)21-16-18(10-13-22-2)8-5-6-9-18/h4-16H2,1-3H3,(H2,19,20,21). The molecular formula is C18H37N3O3. The van der Waals surface area contributed by atoms with Gasteiger partial charge in [0.2, 0.25) is 0 Å². The first-order chi connectivity index (χ1) is 11.8. The van der Waals surface area contributed by atoms with Gasteiger partial charge in [0.1, 0.15) is 0 Å². The molecule has 0 aromatic rings. The Balaban J connectivity index is 2.34. The lowest BCUT2D eigenvalue weighted by Gasteiger charge is -2.27. The van der Waals surface area contributed by atoms with Crippen LogP contribution in [0.15, 0.2) is 4.99 Å². The number of methoxy groups -OCH3 is 2. The Morgan fingerprint density at radius 3 is 2.42 bits per heavy atom. The number of rotatable bonds is 13. The second-order valence-electron chi connectivity index (χ2n) is 6.53. The molecule has 0 radical (unpaired) electrons. The molecule has 0 amide bonds. The lowest BCUT2D eigenvalue weighted by Crippen LogP contribution is -2.39. The van der Waals surface area contributed by atoms with Gasteiger partial charge in [0, 0.05) is 47.1 Å². The molecule has 0 spiro atoms. The summed E-state index contributed by atoms with van der Waals surface area (Å²) in [6.45, 7) is 7.61. The van der Waals surface area contributed by atoms with Crippen molar-refractivity contribution < 1.29 is 14.2 Å². The molecule has 0 heterocycles. The van der Waals surface area contributed by atoms with E-state index in [1.165, 1.54) is 25.7 Å². The normalized spacial score (nSPS) is 17.2. The maximum Gasteiger partial charge on any atom is 0.191 e. The second-order valence-corrected chi connectivity index (χ2v) is 6.53. The van der Waals surface area contributed by atoms with E-state index in [-0.39, 0.29) is 0 Å². The van der Waals surface area contributed by atoms with Crippen molar-refractivity contribution in [2.24, 2.45) is 10.4 Å². The Bertz CT molecular complexity index is 331. The van der Waals surface area contributed by atoms with E-state index in [9.17, 15) is 0 Å². The van der Waals surface area contributed by atoms with Crippen LogP contribution in [0.4, 0.5) is 0 Å². The van der Waals surface area contributed by atoms with Crippen LogP contribution in [-0.4, -0.2) is 66.2 Å². The van der Waals surface area contributed by atoms with Gasteiger partial charge in [0.25, 0.3) is 0 Å². The van der Waals surface area contributed by atoms with Gasteiger partial charge in [0.15, 0.2) is 5.96 Å². The van der Waals surface area contributed by atoms with Crippen molar-refractivity contribution in [2.75, 3.05) is 60.3 Å². The summed E-state index contributed by atoms with van der Waals surface area (Å²) >= 11 is 0. The van der Waals surface area contributed by atoms with E-state index in [4.69, 9.17) is 19.2 Å². The first kappa shape index (κ1) is 21.2. The van der Waals surface area contributed by atoms with E-state index >= 15 is 0 Å². The zero-order chi connectivity index (χ0) is 17.5. The largest absolute Gasteiger partial charge is 0.385 e. The summed E-state index contributed by atoms with van der Waals surface area (Å²) in [5.41, 5.74) is 0.335. The Labute approximate surface area is 147 Å². The molecule has 1 fully saturated rings. The number of hydrogen-bond donors (Lipinski definition) is 2. The molecule has 1 saturated carbocycles. The van der Waals surface area contributed by atoms with Gasteiger partial charge in [-0.05, 0) is 38.0 Å². The van der Waals surface area contributed by atoms with Crippen LogP contribution in [0.25, 0.3) is 0 Å². The molecule has 24 heavy (non-hydrogen) atoms. The number of hydrogen-bond acceptors (Lipinski definition) is 4. The average molecular weight is 344 g/mol. The van der Waals surface area contributed by atoms with Crippen molar-refractivity contribution in [1.82, 2.24) is 10.6 Å². The van der Waals surface area contributed by atoms with Crippen LogP contribution in [0.3, 0.4) is 0 Å². The summed E-state index contributed by atoms with van der Waals surface area (Å²) in [4.78, 5) is 4.85. The van der Waals surface area contributed by atoms with Crippen LogP contribution in [0, 0.1) is 5.41 Å². The molecule has 0 aliphatic heterocycles. The highest BCUT2D eigenvalue weighted by atomic mass is 16.5. The number of nitrogens with one attached hydrogen (secondary N) is 2. The maximum absolute atomic E-state index is 5.48. The summed E-state index contributed by atoms with van der Waals surface area (Å²) in [6, 6.07) is 0. The quantitative estimate of drug-likeness (QED) is 0.305. The Hall–Kier alpha value is -0.850. The minimum atomic E-state index is 0.335. The van der Waals surface area contributed by atoms with Gasteiger partial charge in [0.05, 0.1) is 13.2 Å². The van der Waals surface area contributed by atoms with Crippen molar-refractivity contribution in [3.05, 3.63) is 0 Å². The SMILES string of the molecule is CCNC(=NCC1(CCOC)CCCC1)NCCCOCCOC. The lowest BCUT2D eigenvalue weighted by molar-refractivity contribution is 0.0698. The zero-order valence-electron chi connectivity index (χ0n) is 15.9. The van der Waals surface area contributed by atoms with Crippen molar-refractivity contribution in [3.8, 4) is 0 Å². The van der Waals surface area contributed by atoms with Crippen LogP contribution in [-0.2, 0) is 14.2 Å².